The van der Waals surface area contributed by atoms with Crippen LogP contribution < -0.4 is 9.47 Å². The number of carbonyl (C=O) groups excluding carboxylic acids is 2. The van der Waals surface area contributed by atoms with Gasteiger partial charge in [-0.15, -0.1) is 0 Å². The second-order valence-corrected chi connectivity index (χ2v) is 6.49. The minimum absolute atomic E-state index is 0.0243. The lowest BCUT2D eigenvalue weighted by molar-refractivity contribution is -0.139. The third-order valence-electron chi connectivity index (χ3n) is 4.50. The Morgan fingerprint density at radius 2 is 1.68 bits per heavy atom. The molecule has 1 aromatic heterocycles. The van der Waals surface area contributed by atoms with Crippen molar-refractivity contribution in [3.63, 3.8) is 0 Å². The van der Waals surface area contributed by atoms with Gasteiger partial charge in [-0.1, -0.05) is 6.07 Å². The molecular formula is C21H27N3O4. The zero-order valence-corrected chi connectivity index (χ0v) is 16.8. The normalized spacial score (nSPS) is 10.3. The zero-order chi connectivity index (χ0) is 20.5. The second-order valence-electron chi connectivity index (χ2n) is 6.49. The fourth-order valence-corrected chi connectivity index (χ4v) is 2.73. The molecule has 28 heavy (non-hydrogen) atoms. The summed E-state index contributed by atoms with van der Waals surface area (Å²) in [6, 6.07) is 9.31. The molecule has 1 aromatic carbocycles. The highest BCUT2D eigenvalue weighted by molar-refractivity contribution is 5.83. The molecule has 0 aliphatic rings. The molecule has 1 heterocycles. The van der Waals surface area contributed by atoms with E-state index >= 15 is 0 Å². The Labute approximate surface area is 165 Å². The SMILES string of the molecule is COc1ccc(CN(CC(=O)N(C)CCc2ccncc2)C(C)=O)cc1OC. The first-order valence-corrected chi connectivity index (χ1v) is 9.04. The molecule has 0 radical (unpaired) electrons. The van der Waals surface area contributed by atoms with Crippen LogP contribution in [0.25, 0.3) is 0 Å². The zero-order valence-electron chi connectivity index (χ0n) is 16.8. The van der Waals surface area contributed by atoms with Crippen molar-refractivity contribution in [3.8, 4) is 11.5 Å². The number of hydrogen-bond donors (Lipinski definition) is 0. The number of ether oxygens (including phenoxy) is 2. The molecule has 2 amide bonds. The highest BCUT2D eigenvalue weighted by atomic mass is 16.5. The van der Waals surface area contributed by atoms with Crippen LogP contribution in [0.5, 0.6) is 11.5 Å². The maximum atomic E-state index is 12.6. The Kier molecular flexibility index (Phi) is 7.80. The van der Waals surface area contributed by atoms with Crippen LogP contribution in [0.4, 0.5) is 0 Å². The van der Waals surface area contributed by atoms with Gasteiger partial charge in [0.05, 0.1) is 14.2 Å². The summed E-state index contributed by atoms with van der Waals surface area (Å²) in [5, 5.41) is 0. The number of likely N-dealkylation sites (N-methyl/N-ethyl adjacent to an activating group) is 1. The van der Waals surface area contributed by atoms with Crippen LogP contribution >= 0.6 is 0 Å². The highest BCUT2D eigenvalue weighted by Gasteiger charge is 2.18. The van der Waals surface area contributed by atoms with E-state index in [2.05, 4.69) is 4.98 Å². The van der Waals surface area contributed by atoms with Crippen molar-refractivity contribution >= 4 is 11.8 Å². The van der Waals surface area contributed by atoms with Crippen LogP contribution in [-0.4, -0.2) is 61.0 Å². The summed E-state index contributed by atoms with van der Waals surface area (Å²) < 4.78 is 10.5. The molecule has 150 valence electrons. The Hall–Kier alpha value is -3.09. The molecule has 7 heteroatoms. The molecular weight excluding hydrogens is 358 g/mol. The van der Waals surface area contributed by atoms with E-state index in [0.29, 0.717) is 24.6 Å². The molecule has 0 unspecified atom stereocenters. The van der Waals surface area contributed by atoms with E-state index in [1.165, 1.54) is 11.8 Å². The predicted molar refractivity (Wildman–Crippen MR) is 106 cm³/mol. The summed E-state index contributed by atoms with van der Waals surface area (Å²) in [4.78, 5) is 31.8. The number of benzene rings is 1. The van der Waals surface area contributed by atoms with E-state index in [1.54, 1.807) is 44.6 Å². The molecule has 0 atom stereocenters. The third-order valence-corrected chi connectivity index (χ3v) is 4.50. The summed E-state index contributed by atoms with van der Waals surface area (Å²) in [5.41, 5.74) is 1.98. The van der Waals surface area contributed by atoms with Gasteiger partial charge < -0.3 is 19.3 Å². The molecule has 0 spiro atoms. The van der Waals surface area contributed by atoms with E-state index in [0.717, 1.165) is 17.5 Å². The molecule has 2 aromatic rings. The lowest BCUT2D eigenvalue weighted by Crippen LogP contribution is -2.40. The fraction of sp³-hybridized carbons (Fsp3) is 0.381. The van der Waals surface area contributed by atoms with Crippen molar-refractivity contribution in [2.24, 2.45) is 0 Å². The average Bonchev–Trinajstić information content (AvgIpc) is 2.71. The van der Waals surface area contributed by atoms with Crippen LogP contribution in [0.1, 0.15) is 18.1 Å². The van der Waals surface area contributed by atoms with Crippen LogP contribution in [-0.2, 0) is 22.6 Å². The summed E-state index contributed by atoms with van der Waals surface area (Å²) in [6.45, 7) is 2.38. The van der Waals surface area contributed by atoms with Gasteiger partial charge >= 0.3 is 0 Å². The topological polar surface area (TPSA) is 72.0 Å². The standard InChI is InChI=1S/C21H27N3O4/c1-16(25)24(14-18-5-6-19(27-3)20(13-18)28-4)15-21(26)23(2)12-9-17-7-10-22-11-8-17/h5-8,10-11,13H,9,12,14-15H2,1-4H3. The molecule has 7 nitrogen and oxygen atoms in total. The largest absolute Gasteiger partial charge is 0.493 e. The van der Waals surface area contributed by atoms with E-state index in [-0.39, 0.29) is 18.4 Å². The quantitative estimate of drug-likeness (QED) is 0.661. The minimum Gasteiger partial charge on any atom is -0.493 e. The van der Waals surface area contributed by atoms with Gasteiger partial charge in [0.1, 0.15) is 6.54 Å². The van der Waals surface area contributed by atoms with Gasteiger partial charge in [-0.05, 0) is 41.8 Å². The Balaban J connectivity index is 1.98. The maximum absolute atomic E-state index is 12.6. The number of hydrogen-bond acceptors (Lipinski definition) is 5. The number of amides is 2. The van der Waals surface area contributed by atoms with Gasteiger partial charge in [-0.2, -0.15) is 0 Å². The summed E-state index contributed by atoms with van der Waals surface area (Å²) in [5.74, 6) is 0.937. The number of carbonyl (C=O) groups is 2. The van der Waals surface area contributed by atoms with Crippen molar-refractivity contribution in [2.75, 3.05) is 34.4 Å². The van der Waals surface area contributed by atoms with Crippen molar-refractivity contribution in [2.45, 2.75) is 19.9 Å². The molecule has 0 saturated heterocycles. The summed E-state index contributed by atoms with van der Waals surface area (Å²) in [6.07, 6.45) is 4.20. The number of methoxy groups -OCH3 is 2. The van der Waals surface area contributed by atoms with Crippen LogP contribution in [0.3, 0.4) is 0 Å². The number of aromatic nitrogens is 1. The first-order chi connectivity index (χ1) is 13.4. The summed E-state index contributed by atoms with van der Waals surface area (Å²) in [7, 11) is 4.88. The molecule has 0 aliphatic heterocycles. The number of nitrogens with zero attached hydrogens (tertiary/aromatic N) is 3. The average molecular weight is 385 g/mol. The number of rotatable bonds is 9. The van der Waals surface area contributed by atoms with E-state index < -0.39 is 0 Å². The van der Waals surface area contributed by atoms with Crippen molar-refractivity contribution < 1.29 is 19.1 Å². The molecule has 2 rings (SSSR count). The second kappa shape index (κ2) is 10.3. The lowest BCUT2D eigenvalue weighted by atomic mass is 10.1. The minimum atomic E-state index is -0.161. The first kappa shape index (κ1) is 21.2. The van der Waals surface area contributed by atoms with Gasteiger partial charge in [0, 0.05) is 39.5 Å². The van der Waals surface area contributed by atoms with Gasteiger partial charge in [-0.25, -0.2) is 0 Å². The van der Waals surface area contributed by atoms with Crippen LogP contribution in [0.15, 0.2) is 42.7 Å². The van der Waals surface area contributed by atoms with Gasteiger partial charge in [0.15, 0.2) is 11.5 Å². The van der Waals surface area contributed by atoms with Gasteiger partial charge in [0.25, 0.3) is 0 Å². The van der Waals surface area contributed by atoms with Crippen molar-refractivity contribution in [3.05, 3.63) is 53.9 Å². The fourth-order valence-electron chi connectivity index (χ4n) is 2.73. The third kappa shape index (κ3) is 5.97. The first-order valence-electron chi connectivity index (χ1n) is 9.04. The smallest absolute Gasteiger partial charge is 0.241 e. The van der Waals surface area contributed by atoms with Crippen LogP contribution in [0.2, 0.25) is 0 Å². The Bertz CT molecular complexity index is 795. The monoisotopic (exact) mass is 385 g/mol. The molecule has 0 N–H and O–H groups in total. The predicted octanol–water partition coefficient (Wildman–Crippen LogP) is 2.15. The van der Waals surface area contributed by atoms with E-state index in [1.807, 2.05) is 24.3 Å². The highest BCUT2D eigenvalue weighted by Crippen LogP contribution is 2.28. The molecule has 0 saturated carbocycles. The Morgan fingerprint density at radius 1 is 1.00 bits per heavy atom. The van der Waals surface area contributed by atoms with Crippen LogP contribution in [0, 0.1) is 0 Å². The van der Waals surface area contributed by atoms with Crippen molar-refractivity contribution in [1.82, 2.24) is 14.8 Å². The number of pyridine rings is 1. The van der Waals surface area contributed by atoms with Gasteiger partial charge in [0.2, 0.25) is 11.8 Å². The van der Waals surface area contributed by atoms with Gasteiger partial charge in [-0.3, -0.25) is 14.6 Å². The Morgan fingerprint density at radius 3 is 2.29 bits per heavy atom. The van der Waals surface area contributed by atoms with E-state index in [9.17, 15) is 9.59 Å². The van der Waals surface area contributed by atoms with Crippen molar-refractivity contribution in [1.29, 1.82) is 0 Å². The molecule has 0 bridgehead atoms. The van der Waals surface area contributed by atoms with E-state index in [4.69, 9.17) is 9.47 Å². The maximum Gasteiger partial charge on any atom is 0.241 e. The summed E-state index contributed by atoms with van der Waals surface area (Å²) >= 11 is 0. The lowest BCUT2D eigenvalue weighted by Gasteiger charge is -2.25. The molecule has 0 aliphatic carbocycles. The molecule has 0 fully saturated rings.